The maximum absolute atomic E-state index is 13.7. The van der Waals surface area contributed by atoms with Gasteiger partial charge in [0.2, 0.25) is 0 Å². The highest BCUT2D eigenvalue weighted by Crippen LogP contribution is 2.25. The lowest BCUT2D eigenvalue weighted by molar-refractivity contribution is 0.0997. The Morgan fingerprint density at radius 2 is 1.73 bits per heavy atom. The summed E-state index contributed by atoms with van der Waals surface area (Å²) in [6.07, 6.45) is 0. The summed E-state index contributed by atoms with van der Waals surface area (Å²) in [5.74, 6) is -0.398. The molecule has 110 valence electrons. The zero-order valence-electron chi connectivity index (χ0n) is 11.5. The van der Waals surface area contributed by atoms with Gasteiger partial charge in [-0.2, -0.15) is 0 Å². The molecule has 3 N–H and O–H groups in total. The second-order valence-corrected chi connectivity index (χ2v) is 4.72. The topological polar surface area (TPSA) is 68.3 Å². The summed E-state index contributed by atoms with van der Waals surface area (Å²) in [6, 6.07) is 16.0. The number of carbonyl (C=O) groups excluding carboxylic acids is 1. The molecule has 1 heterocycles. The predicted octanol–water partition coefficient (Wildman–Crippen LogP) is 3.92. The molecule has 0 saturated heterocycles. The van der Waals surface area contributed by atoms with Gasteiger partial charge >= 0.3 is 0 Å². The molecule has 1 aromatic heterocycles. The van der Waals surface area contributed by atoms with Gasteiger partial charge in [-0.1, -0.05) is 12.1 Å². The number of furan rings is 1. The van der Waals surface area contributed by atoms with Crippen molar-refractivity contribution in [3.8, 4) is 11.3 Å². The van der Waals surface area contributed by atoms with Crippen molar-refractivity contribution in [2.24, 2.45) is 0 Å². The van der Waals surface area contributed by atoms with E-state index < -0.39 is 11.7 Å². The average Bonchev–Trinajstić information content (AvgIpc) is 3.00. The number of hydrogen-bond acceptors (Lipinski definition) is 3. The quantitative estimate of drug-likeness (QED) is 0.720. The van der Waals surface area contributed by atoms with Gasteiger partial charge in [0.25, 0.3) is 5.91 Å². The van der Waals surface area contributed by atoms with Gasteiger partial charge in [0.05, 0.1) is 5.56 Å². The van der Waals surface area contributed by atoms with Crippen molar-refractivity contribution in [1.82, 2.24) is 0 Å². The summed E-state index contributed by atoms with van der Waals surface area (Å²) in [7, 11) is 0. The molecule has 0 fully saturated rings. The van der Waals surface area contributed by atoms with E-state index in [0.717, 1.165) is 0 Å². The standard InChI is InChI=1S/C17H13FN2O2/c18-14-4-2-1-3-13(14)15-9-10-16(22-15)17(21)20-12-7-5-11(19)6-8-12/h1-10H,19H2,(H,20,21). The minimum atomic E-state index is -0.410. The van der Waals surface area contributed by atoms with Gasteiger partial charge in [-0.25, -0.2) is 4.39 Å². The fraction of sp³-hybridized carbons (Fsp3) is 0. The Bertz CT molecular complexity index is 810. The number of anilines is 2. The van der Waals surface area contributed by atoms with E-state index in [1.807, 2.05) is 0 Å². The molecule has 0 saturated carbocycles. The number of rotatable bonds is 3. The largest absolute Gasteiger partial charge is 0.451 e. The highest BCUT2D eigenvalue weighted by atomic mass is 19.1. The summed E-state index contributed by atoms with van der Waals surface area (Å²) < 4.78 is 19.1. The first kappa shape index (κ1) is 13.9. The highest BCUT2D eigenvalue weighted by molar-refractivity contribution is 6.02. The maximum Gasteiger partial charge on any atom is 0.291 e. The van der Waals surface area contributed by atoms with E-state index in [1.54, 1.807) is 48.5 Å². The van der Waals surface area contributed by atoms with Crippen LogP contribution in [0.1, 0.15) is 10.6 Å². The average molecular weight is 296 g/mol. The number of amides is 1. The molecule has 3 aromatic rings. The van der Waals surface area contributed by atoms with Gasteiger partial charge in [-0.05, 0) is 48.5 Å². The molecule has 0 bridgehead atoms. The molecule has 3 rings (SSSR count). The van der Waals surface area contributed by atoms with Gasteiger partial charge < -0.3 is 15.5 Å². The van der Waals surface area contributed by atoms with Crippen LogP contribution < -0.4 is 11.1 Å². The number of carbonyl (C=O) groups is 1. The SMILES string of the molecule is Nc1ccc(NC(=O)c2ccc(-c3ccccc3F)o2)cc1. The van der Waals surface area contributed by atoms with E-state index in [4.69, 9.17) is 10.2 Å². The summed E-state index contributed by atoms with van der Waals surface area (Å²) in [6.45, 7) is 0. The Labute approximate surface area is 126 Å². The summed E-state index contributed by atoms with van der Waals surface area (Å²) >= 11 is 0. The number of nitrogen functional groups attached to an aromatic ring is 1. The number of nitrogens with one attached hydrogen (secondary N) is 1. The van der Waals surface area contributed by atoms with Gasteiger partial charge in [-0.3, -0.25) is 4.79 Å². The lowest BCUT2D eigenvalue weighted by Gasteiger charge is -2.03. The Kier molecular flexibility index (Phi) is 3.62. The molecule has 0 aliphatic carbocycles. The van der Waals surface area contributed by atoms with Gasteiger partial charge in [-0.15, -0.1) is 0 Å². The first-order chi connectivity index (χ1) is 10.6. The van der Waals surface area contributed by atoms with Crippen molar-refractivity contribution >= 4 is 17.3 Å². The number of hydrogen-bond donors (Lipinski definition) is 2. The Balaban J connectivity index is 1.80. The summed E-state index contributed by atoms with van der Waals surface area (Å²) in [4.78, 5) is 12.1. The van der Waals surface area contributed by atoms with Crippen LogP contribution in [0.25, 0.3) is 11.3 Å². The van der Waals surface area contributed by atoms with Crippen molar-refractivity contribution in [2.75, 3.05) is 11.1 Å². The minimum absolute atomic E-state index is 0.107. The molecule has 0 radical (unpaired) electrons. The van der Waals surface area contributed by atoms with Crippen LogP contribution in [0.15, 0.2) is 65.1 Å². The number of benzene rings is 2. The minimum Gasteiger partial charge on any atom is -0.451 e. The molecule has 5 heteroatoms. The normalized spacial score (nSPS) is 10.4. The Hall–Kier alpha value is -3.08. The first-order valence-corrected chi connectivity index (χ1v) is 6.65. The van der Waals surface area contributed by atoms with Gasteiger partial charge in [0.15, 0.2) is 5.76 Å². The monoisotopic (exact) mass is 296 g/mol. The highest BCUT2D eigenvalue weighted by Gasteiger charge is 2.14. The van der Waals surface area contributed by atoms with Gasteiger partial charge in [0.1, 0.15) is 11.6 Å². The van der Waals surface area contributed by atoms with Crippen LogP contribution in [-0.4, -0.2) is 5.91 Å². The summed E-state index contributed by atoms with van der Waals surface area (Å²) in [5, 5.41) is 2.68. The second kappa shape index (κ2) is 5.73. The molecular formula is C17H13FN2O2. The van der Waals surface area contributed by atoms with E-state index >= 15 is 0 Å². The molecule has 0 spiro atoms. The van der Waals surface area contributed by atoms with E-state index in [-0.39, 0.29) is 5.76 Å². The van der Waals surface area contributed by atoms with Crippen molar-refractivity contribution in [1.29, 1.82) is 0 Å². The van der Waals surface area contributed by atoms with Crippen LogP contribution in [-0.2, 0) is 0 Å². The molecule has 0 aliphatic heterocycles. The van der Waals surface area contributed by atoms with E-state index in [9.17, 15) is 9.18 Å². The third-order valence-corrected chi connectivity index (χ3v) is 3.14. The third kappa shape index (κ3) is 2.83. The number of halogens is 1. The fourth-order valence-electron chi connectivity index (χ4n) is 2.02. The zero-order chi connectivity index (χ0) is 15.5. The smallest absolute Gasteiger partial charge is 0.291 e. The van der Waals surface area contributed by atoms with Crippen LogP contribution in [0.5, 0.6) is 0 Å². The van der Waals surface area contributed by atoms with E-state index in [2.05, 4.69) is 5.32 Å². The molecule has 0 aliphatic rings. The third-order valence-electron chi connectivity index (χ3n) is 3.14. The Morgan fingerprint density at radius 1 is 1.00 bits per heavy atom. The molecule has 0 unspecified atom stereocenters. The molecule has 2 aromatic carbocycles. The second-order valence-electron chi connectivity index (χ2n) is 4.72. The summed E-state index contributed by atoms with van der Waals surface area (Å²) in [5.41, 5.74) is 7.11. The van der Waals surface area contributed by atoms with E-state index in [1.165, 1.54) is 12.1 Å². The van der Waals surface area contributed by atoms with Crippen LogP contribution in [0.3, 0.4) is 0 Å². The van der Waals surface area contributed by atoms with Crippen LogP contribution in [0.2, 0.25) is 0 Å². The lowest BCUT2D eigenvalue weighted by Crippen LogP contribution is -2.10. The lowest BCUT2D eigenvalue weighted by atomic mass is 10.1. The first-order valence-electron chi connectivity index (χ1n) is 6.65. The molecule has 22 heavy (non-hydrogen) atoms. The molecule has 4 nitrogen and oxygen atoms in total. The molecule has 1 amide bonds. The predicted molar refractivity (Wildman–Crippen MR) is 82.9 cm³/mol. The fourth-order valence-corrected chi connectivity index (χ4v) is 2.02. The van der Waals surface area contributed by atoms with Crippen molar-refractivity contribution in [2.45, 2.75) is 0 Å². The van der Waals surface area contributed by atoms with Crippen LogP contribution >= 0.6 is 0 Å². The van der Waals surface area contributed by atoms with Crippen LogP contribution in [0, 0.1) is 5.82 Å². The van der Waals surface area contributed by atoms with Crippen molar-refractivity contribution < 1.29 is 13.6 Å². The molecular weight excluding hydrogens is 283 g/mol. The van der Waals surface area contributed by atoms with Gasteiger partial charge in [0, 0.05) is 11.4 Å². The molecule has 0 atom stereocenters. The van der Waals surface area contributed by atoms with E-state index in [0.29, 0.717) is 22.7 Å². The van der Waals surface area contributed by atoms with Crippen molar-refractivity contribution in [3.05, 3.63) is 72.2 Å². The number of nitrogens with two attached hydrogens (primary N) is 1. The van der Waals surface area contributed by atoms with Crippen molar-refractivity contribution in [3.63, 3.8) is 0 Å². The maximum atomic E-state index is 13.7. The zero-order valence-corrected chi connectivity index (χ0v) is 11.5. The Morgan fingerprint density at radius 3 is 2.45 bits per heavy atom. The van der Waals surface area contributed by atoms with Crippen LogP contribution in [0.4, 0.5) is 15.8 Å².